The quantitative estimate of drug-likeness (QED) is 0.660. The van der Waals surface area contributed by atoms with Gasteiger partial charge >= 0.3 is 5.97 Å². The number of carbonyl (C=O) groups is 1. The number of aromatic carboxylic acids is 1. The van der Waals surface area contributed by atoms with Crippen LogP contribution >= 0.6 is 0 Å². The van der Waals surface area contributed by atoms with E-state index in [4.69, 9.17) is 9.84 Å². The average molecular weight is 165 g/mol. The van der Waals surface area contributed by atoms with E-state index in [1.54, 1.807) is 12.3 Å². The highest BCUT2D eigenvalue weighted by atomic mass is 16.6. The highest BCUT2D eigenvalue weighted by molar-refractivity contribution is 5.87. The average Bonchev–Trinajstić information content (AvgIpc) is 2.87. The number of hydrogen-bond donors (Lipinski definition) is 1. The molecule has 1 aromatic rings. The summed E-state index contributed by atoms with van der Waals surface area (Å²) in [5.41, 5.74) is 1.05. The third-order valence-electron chi connectivity index (χ3n) is 1.71. The van der Waals surface area contributed by atoms with Crippen LogP contribution in [-0.4, -0.2) is 22.7 Å². The second-order valence-electron chi connectivity index (χ2n) is 2.63. The van der Waals surface area contributed by atoms with Crippen LogP contribution in [0.4, 0.5) is 0 Å². The Morgan fingerprint density at radius 1 is 1.67 bits per heavy atom. The topological polar surface area (TPSA) is 62.7 Å². The van der Waals surface area contributed by atoms with Gasteiger partial charge in [0.25, 0.3) is 0 Å². The van der Waals surface area contributed by atoms with Crippen LogP contribution in [-0.2, 0) is 4.74 Å². The zero-order valence-electron chi connectivity index (χ0n) is 6.23. The molecule has 2 rings (SSSR count). The molecular formula is C8H7NO3. The van der Waals surface area contributed by atoms with Gasteiger partial charge in [-0.2, -0.15) is 0 Å². The van der Waals surface area contributed by atoms with Crippen LogP contribution in [0.25, 0.3) is 0 Å². The number of pyridine rings is 1. The Morgan fingerprint density at radius 2 is 2.42 bits per heavy atom. The van der Waals surface area contributed by atoms with Crippen LogP contribution < -0.4 is 0 Å². The Hall–Kier alpha value is -1.42. The third-order valence-corrected chi connectivity index (χ3v) is 1.71. The predicted molar refractivity (Wildman–Crippen MR) is 39.9 cm³/mol. The Bertz CT molecular complexity index is 320. The maximum atomic E-state index is 10.5. The first-order chi connectivity index (χ1) is 5.77. The van der Waals surface area contributed by atoms with Crippen molar-refractivity contribution in [2.24, 2.45) is 0 Å². The molecule has 0 spiro atoms. The van der Waals surface area contributed by atoms with Gasteiger partial charge in [0, 0.05) is 18.0 Å². The molecule has 12 heavy (non-hydrogen) atoms. The van der Waals surface area contributed by atoms with Gasteiger partial charge in [-0.25, -0.2) is 4.79 Å². The van der Waals surface area contributed by atoms with Crippen molar-refractivity contribution in [2.75, 3.05) is 6.61 Å². The third kappa shape index (κ3) is 1.29. The number of nitrogens with zero attached hydrogens (tertiary/aromatic N) is 1. The van der Waals surface area contributed by atoms with Gasteiger partial charge in [-0.05, 0) is 6.07 Å². The molecule has 4 nitrogen and oxygen atoms in total. The summed E-state index contributed by atoms with van der Waals surface area (Å²) in [6.07, 6.45) is 3.02. The smallest absolute Gasteiger partial charge is 0.337 e. The summed E-state index contributed by atoms with van der Waals surface area (Å²) in [5.74, 6) is -0.954. The predicted octanol–water partition coefficient (Wildman–Crippen LogP) is 0.851. The largest absolute Gasteiger partial charge is 0.478 e. The number of hydrogen-bond acceptors (Lipinski definition) is 3. The first-order valence-corrected chi connectivity index (χ1v) is 3.57. The van der Waals surface area contributed by atoms with E-state index in [-0.39, 0.29) is 11.7 Å². The molecule has 1 saturated heterocycles. The number of rotatable bonds is 2. The van der Waals surface area contributed by atoms with Crippen molar-refractivity contribution >= 4 is 5.97 Å². The van der Waals surface area contributed by atoms with E-state index < -0.39 is 5.97 Å². The zero-order valence-corrected chi connectivity index (χ0v) is 6.23. The van der Waals surface area contributed by atoms with E-state index in [9.17, 15) is 4.79 Å². The second-order valence-corrected chi connectivity index (χ2v) is 2.63. The van der Waals surface area contributed by atoms with Crippen molar-refractivity contribution in [3.05, 3.63) is 29.6 Å². The monoisotopic (exact) mass is 165 g/mol. The molecule has 1 atom stereocenters. The summed E-state index contributed by atoms with van der Waals surface area (Å²) < 4.78 is 5.00. The Labute approximate surface area is 68.8 Å². The first-order valence-electron chi connectivity index (χ1n) is 3.57. The van der Waals surface area contributed by atoms with Gasteiger partial charge in [0.1, 0.15) is 6.10 Å². The maximum Gasteiger partial charge on any atom is 0.337 e. The van der Waals surface area contributed by atoms with Crippen molar-refractivity contribution in [1.82, 2.24) is 4.98 Å². The maximum absolute atomic E-state index is 10.5. The van der Waals surface area contributed by atoms with Crippen molar-refractivity contribution in [2.45, 2.75) is 6.10 Å². The Kier molecular flexibility index (Phi) is 1.55. The number of aromatic nitrogens is 1. The number of carboxylic acid groups (broad SMARTS) is 1. The van der Waals surface area contributed by atoms with Gasteiger partial charge in [0.05, 0.1) is 12.2 Å². The molecule has 1 unspecified atom stereocenters. The van der Waals surface area contributed by atoms with Gasteiger partial charge in [-0.3, -0.25) is 4.98 Å². The standard InChI is InChI=1S/C8H7NO3/c10-8(11)6-1-5(2-9-3-6)7-4-12-7/h1-3,7H,4H2,(H,10,11). The summed E-state index contributed by atoms with van der Waals surface area (Å²) in [6.45, 7) is 0.671. The molecule has 0 aliphatic carbocycles. The Morgan fingerprint density at radius 3 is 3.00 bits per heavy atom. The van der Waals surface area contributed by atoms with Gasteiger partial charge in [0.2, 0.25) is 0 Å². The summed E-state index contributed by atoms with van der Waals surface area (Å²) in [6, 6.07) is 1.59. The van der Waals surface area contributed by atoms with Gasteiger partial charge in [0.15, 0.2) is 0 Å². The van der Waals surface area contributed by atoms with Gasteiger partial charge < -0.3 is 9.84 Å². The van der Waals surface area contributed by atoms with E-state index in [0.717, 1.165) is 5.56 Å². The summed E-state index contributed by atoms with van der Waals surface area (Å²) >= 11 is 0. The van der Waals surface area contributed by atoms with E-state index in [2.05, 4.69) is 4.98 Å². The fourth-order valence-corrected chi connectivity index (χ4v) is 0.991. The SMILES string of the molecule is O=C(O)c1cncc(C2CO2)c1. The minimum atomic E-state index is -0.954. The van der Waals surface area contributed by atoms with Crippen LogP contribution in [0.5, 0.6) is 0 Å². The highest BCUT2D eigenvalue weighted by Gasteiger charge is 2.25. The number of epoxide rings is 1. The molecule has 1 fully saturated rings. The highest BCUT2D eigenvalue weighted by Crippen LogP contribution is 2.29. The molecule has 0 bridgehead atoms. The lowest BCUT2D eigenvalue weighted by molar-refractivity contribution is 0.0696. The van der Waals surface area contributed by atoms with E-state index >= 15 is 0 Å². The second kappa shape index (κ2) is 2.57. The number of carboxylic acids is 1. The molecule has 1 aromatic heterocycles. The molecule has 0 radical (unpaired) electrons. The van der Waals surface area contributed by atoms with Crippen molar-refractivity contribution in [3.63, 3.8) is 0 Å². The minimum Gasteiger partial charge on any atom is -0.478 e. The van der Waals surface area contributed by atoms with Crippen molar-refractivity contribution in [1.29, 1.82) is 0 Å². The fraction of sp³-hybridized carbons (Fsp3) is 0.250. The number of ether oxygens (including phenoxy) is 1. The summed E-state index contributed by atoms with van der Waals surface area (Å²) in [7, 11) is 0. The van der Waals surface area contributed by atoms with Crippen LogP contribution in [0.2, 0.25) is 0 Å². The van der Waals surface area contributed by atoms with Crippen molar-refractivity contribution in [3.8, 4) is 0 Å². The minimum absolute atomic E-state index is 0.0665. The molecule has 2 heterocycles. The van der Waals surface area contributed by atoms with E-state index in [0.29, 0.717) is 6.61 Å². The molecule has 0 aromatic carbocycles. The molecule has 1 aliphatic heterocycles. The fourth-order valence-electron chi connectivity index (χ4n) is 0.991. The van der Waals surface area contributed by atoms with Crippen LogP contribution in [0.15, 0.2) is 18.5 Å². The first kappa shape index (κ1) is 7.24. The van der Waals surface area contributed by atoms with E-state index in [1.807, 2.05) is 0 Å². The van der Waals surface area contributed by atoms with E-state index in [1.165, 1.54) is 6.20 Å². The van der Waals surface area contributed by atoms with Crippen LogP contribution in [0.3, 0.4) is 0 Å². The lowest BCUT2D eigenvalue weighted by atomic mass is 10.1. The normalized spacial score (nSPS) is 20.5. The van der Waals surface area contributed by atoms with Gasteiger partial charge in [-0.1, -0.05) is 0 Å². The lowest BCUT2D eigenvalue weighted by Gasteiger charge is -1.96. The Balaban J connectivity index is 2.32. The van der Waals surface area contributed by atoms with Crippen molar-refractivity contribution < 1.29 is 14.6 Å². The summed E-state index contributed by atoms with van der Waals surface area (Å²) in [4.78, 5) is 14.3. The molecule has 1 aliphatic rings. The molecule has 62 valence electrons. The molecule has 0 saturated carbocycles. The van der Waals surface area contributed by atoms with Gasteiger partial charge in [-0.15, -0.1) is 0 Å². The lowest BCUT2D eigenvalue weighted by Crippen LogP contribution is -1.98. The van der Waals surface area contributed by atoms with Crippen LogP contribution in [0.1, 0.15) is 22.0 Å². The molecule has 0 amide bonds. The summed E-state index contributed by atoms with van der Waals surface area (Å²) in [5, 5.41) is 8.63. The van der Waals surface area contributed by atoms with Crippen LogP contribution in [0, 0.1) is 0 Å². The molecule has 4 heteroatoms. The molecule has 1 N–H and O–H groups in total. The molecular weight excluding hydrogens is 158 g/mol. The zero-order chi connectivity index (χ0) is 8.55.